The number of urea groups is 1. The van der Waals surface area contributed by atoms with E-state index >= 15 is 0 Å². The average molecular weight is 554 g/mol. The molecular formula is C30H39N3O5S. The molecule has 0 saturated carbocycles. The number of nitrogens with zero attached hydrogens (tertiary/aromatic N) is 2. The van der Waals surface area contributed by atoms with Crippen LogP contribution in [-0.2, 0) is 17.8 Å². The molecule has 0 saturated heterocycles. The highest BCUT2D eigenvalue weighted by Crippen LogP contribution is 2.28. The summed E-state index contributed by atoms with van der Waals surface area (Å²) in [5, 5.41) is 2.92. The third-order valence-corrected chi connectivity index (χ3v) is 7.34. The molecule has 0 unspecified atom stereocenters. The number of anilines is 1. The van der Waals surface area contributed by atoms with Crippen LogP contribution >= 0.6 is 11.3 Å². The number of amides is 3. The largest absolute Gasteiger partial charge is 0.497 e. The molecule has 39 heavy (non-hydrogen) atoms. The summed E-state index contributed by atoms with van der Waals surface area (Å²) in [7, 11) is 4.81. The van der Waals surface area contributed by atoms with E-state index in [1.807, 2.05) is 23.1 Å². The molecule has 3 aromatic rings. The molecule has 0 aliphatic rings. The first kappa shape index (κ1) is 29.8. The number of thiophene rings is 1. The molecule has 1 heterocycles. The van der Waals surface area contributed by atoms with Crippen LogP contribution in [0.5, 0.6) is 17.2 Å². The number of rotatable bonds is 14. The van der Waals surface area contributed by atoms with Crippen LogP contribution in [0.3, 0.4) is 0 Å². The summed E-state index contributed by atoms with van der Waals surface area (Å²) < 4.78 is 16.0. The maximum Gasteiger partial charge on any atom is 0.322 e. The summed E-state index contributed by atoms with van der Waals surface area (Å²) in [6.07, 6.45) is 2.36. The summed E-state index contributed by atoms with van der Waals surface area (Å²) in [5.74, 6) is 1.93. The van der Waals surface area contributed by atoms with Gasteiger partial charge in [0.1, 0.15) is 12.3 Å². The highest BCUT2D eigenvalue weighted by Gasteiger charge is 2.22. The molecule has 8 nitrogen and oxygen atoms in total. The molecule has 3 amide bonds. The van der Waals surface area contributed by atoms with Gasteiger partial charge in [0, 0.05) is 28.5 Å². The predicted molar refractivity (Wildman–Crippen MR) is 156 cm³/mol. The maximum atomic E-state index is 13.7. The second-order valence-corrected chi connectivity index (χ2v) is 10.6. The molecule has 9 heteroatoms. The lowest BCUT2D eigenvalue weighted by molar-refractivity contribution is -0.132. The Morgan fingerprint density at radius 2 is 1.62 bits per heavy atom. The lowest BCUT2D eigenvalue weighted by atomic mass is 10.1. The van der Waals surface area contributed by atoms with E-state index in [-0.39, 0.29) is 18.5 Å². The number of unbranched alkanes of at least 4 members (excludes halogenated alkanes) is 1. The number of nitrogens with one attached hydrogen (secondary N) is 1. The predicted octanol–water partition coefficient (Wildman–Crippen LogP) is 5.99. The van der Waals surface area contributed by atoms with Crippen molar-refractivity contribution < 1.29 is 23.8 Å². The lowest BCUT2D eigenvalue weighted by Crippen LogP contribution is -2.45. The van der Waals surface area contributed by atoms with Crippen molar-refractivity contribution >= 4 is 29.0 Å². The fraction of sp³-hybridized carbons (Fsp3) is 0.400. The molecule has 0 fully saturated rings. The summed E-state index contributed by atoms with van der Waals surface area (Å²) in [5.41, 5.74) is 1.68. The first-order valence-corrected chi connectivity index (χ1v) is 13.9. The zero-order valence-corrected chi connectivity index (χ0v) is 24.3. The minimum Gasteiger partial charge on any atom is -0.497 e. The van der Waals surface area contributed by atoms with E-state index in [1.54, 1.807) is 61.8 Å². The highest BCUT2D eigenvalue weighted by atomic mass is 32.1. The number of ether oxygens (including phenoxy) is 3. The number of carbonyl (C=O) groups excluding carboxylic acids is 2. The van der Waals surface area contributed by atoms with E-state index in [4.69, 9.17) is 14.2 Å². The Balaban J connectivity index is 1.74. The topological polar surface area (TPSA) is 80.3 Å². The van der Waals surface area contributed by atoms with Gasteiger partial charge in [-0.15, -0.1) is 11.3 Å². The van der Waals surface area contributed by atoms with Crippen molar-refractivity contribution in [2.24, 2.45) is 0 Å². The van der Waals surface area contributed by atoms with E-state index in [9.17, 15) is 9.59 Å². The molecular weight excluding hydrogens is 514 g/mol. The van der Waals surface area contributed by atoms with Gasteiger partial charge in [-0.05, 0) is 73.9 Å². The first-order chi connectivity index (χ1) is 18.9. The van der Waals surface area contributed by atoms with Gasteiger partial charge in [0.15, 0.2) is 11.5 Å². The van der Waals surface area contributed by atoms with Crippen molar-refractivity contribution in [1.82, 2.24) is 9.80 Å². The summed E-state index contributed by atoms with van der Waals surface area (Å²) in [6, 6.07) is 16.8. The minimum absolute atomic E-state index is 0.00171. The van der Waals surface area contributed by atoms with Crippen molar-refractivity contribution in [2.75, 3.05) is 46.3 Å². The SMILES string of the molecule is CCCCN(CC(=O)N(CCc1ccc(OC)c(OC)c1)Cc1ccc(C)s1)C(=O)Nc1ccc(OC)cc1. The fourth-order valence-electron chi connectivity index (χ4n) is 4.09. The van der Waals surface area contributed by atoms with Crippen molar-refractivity contribution in [1.29, 1.82) is 0 Å². The Labute approximate surface area is 235 Å². The Hall–Kier alpha value is -3.72. The smallest absolute Gasteiger partial charge is 0.322 e. The summed E-state index contributed by atoms with van der Waals surface area (Å²) in [6.45, 7) is 5.61. The molecule has 210 valence electrons. The fourth-order valence-corrected chi connectivity index (χ4v) is 5.00. The highest BCUT2D eigenvalue weighted by molar-refractivity contribution is 7.11. The molecule has 0 radical (unpaired) electrons. The van der Waals surface area contributed by atoms with Gasteiger partial charge in [0.25, 0.3) is 0 Å². The molecule has 2 aromatic carbocycles. The van der Waals surface area contributed by atoms with E-state index in [0.717, 1.165) is 23.3 Å². The van der Waals surface area contributed by atoms with Crippen LogP contribution in [0.4, 0.5) is 10.5 Å². The molecule has 3 rings (SSSR count). The van der Waals surface area contributed by atoms with Gasteiger partial charge in [-0.25, -0.2) is 4.79 Å². The summed E-state index contributed by atoms with van der Waals surface area (Å²) in [4.78, 5) is 32.6. The normalized spacial score (nSPS) is 10.6. The third kappa shape index (κ3) is 8.92. The average Bonchev–Trinajstić information content (AvgIpc) is 3.37. The van der Waals surface area contributed by atoms with Gasteiger partial charge in [-0.1, -0.05) is 19.4 Å². The quantitative estimate of drug-likeness (QED) is 0.265. The minimum atomic E-state index is -0.297. The van der Waals surface area contributed by atoms with Crippen LogP contribution in [0.2, 0.25) is 0 Å². The Morgan fingerprint density at radius 3 is 2.23 bits per heavy atom. The second-order valence-electron chi connectivity index (χ2n) is 9.20. The standard InChI is InChI=1S/C30H39N3O5S/c1-6-7-17-33(30(35)31-24-10-12-25(36-3)13-11-24)21-29(34)32(20-26-14-8-22(2)39-26)18-16-23-9-15-27(37-4)28(19-23)38-5/h8-15,19H,6-7,16-18,20-21H2,1-5H3,(H,31,35). The van der Waals surface area contributed by atoms with Crippen molar-refractivity contribution in [3.8, 4) is 17.2 Å². The zero-order valence-electron chi connectivity index (χ0n) is 23.5. The van der Waals surface area contributed by atoms with Gasteiger partial charge in [0.2, 0.25) is 5.91 Å². The molecule has 0 aliphatic heterocycles. The first-order valence-electron chi connectivity index (χ1n) is 13.1. The molecule has 0 atom stereocenters. The monoisotopic (exact) mass is 553 g/mol. The second kappa shape index (κ2) is 15.0. The van der Waals surface area contributed by atoms with E-state index in [0.29, 0.717) is 49.0 Å². The van der Waals surface area contributed by atoms with E-state index in [1.165, 1.54) is 4.88 Å². The zero-order chi connectivity index (χ0) is 28.2. The molecule has 0 aliphatic carbocycles. The molecule has 0 bridgehead atoms. The van der Waals surface area contributed by atoms with Crippen molar-refractivity contribution in [3.05, 3.63) is 69.9 Å². The Kier molecular flexibility index (Phi) is 11.5. The van der Waals surface area contributed by atoms with Crippen LogP contribution in [0.15, 0.2) is 54.6 Å². The Morgan fingerprint density at radius 1 is 0.872 bits per heavy atom. The van der Waals surface area contributed by atoms with Crippen LogP contribution in [0.25, 0.3) is 0 Å². The number of carbonyl (C=O) groups is 2. The molecule has 1 aromatic heterocycles. The molecule has 1 N–H and O–H groups in total. The summed E-state index contributed by atoms with van der Waals surface area (Å²) >= 11 is 1.68. The number of methoxy groups -OCH3 is 3. The number of hydrogen-bond donors (Lipinski definition) is 1. The van der Waals surface area contributed by atoms with E-state index in [2.05, 4.69) is 31.3 Å². The number of benzene rings is 2. The number of hydrogen-bond acceptors (Lipinski definition) is 6. The number of aryl methyl sites for hydroxylation is 1. The third-order valence-electron chi connectivity index (χ3n) is 6.35. The van der Waals surface area contributed by atoms with Gasteiger partial charge < -0.3 is 29.3 Å². The van der Waals surface area contributed by atoms with Gasteiger partial charge in [0.05, 0.1) is 27.9 Å². The van der Waals surface area contributed by atoms with Gasteiger partial charge in [-0.3, -0.25) is 4.79 Å². The molecule has 0 spiro atoms. The van der Waals surface area contributed by atoms with Crippen LogP contribution in [-0.4, -0.2) is 62.7 Å². The van der Waals surface area contributed by atoms with Crippen LogP contribution in [0.1, 0.15) is 35.1 Å². The Bertz CT molecular complexity index is 1210. The van der Waals surface area contributed by atoms with Gasteiger partial charge >= 0.3 is 6.03 Å². The van der Waals surface area contributed by atoms with Crippen LogP contribution < -0.4 is 19.5 Å². The van der Waals surface area contributed by atoms with Crippen molar-refractivity contribution in [2.45, 2.75) is 39.7 Å². The maximum absolute atomic E-state index is 13.7. The lowest BCUT2D eigenvalue weighted by Gasteiger charge is -2.28. The van der Waals surface area contributed by atoms with Crippen molar-refractivity contribution in [3.63, 3.8) is 0 Å². The van der Waals surface area contributed by atoms with Gasteiger partial charge in [-0.2, -0.15) is 0 Å². The van der Waals surface area contributed by atoms with Crippen LogP contribution in [0, 0.1) is 6.92 Å². The van der Waals surface area contributed by atoms with E-state index < -0.39 is 0 Å².